The zero-order valence-electron chi connectivity index (χ0n) is 39.7. The van der Waals surface area contributed by atoms with E-state index in [2.05, 4.69) is 31.3 Å². The lowest BCUT2D eigenvalue weighted by molar-refractivity contribution is -0.302. The molecule has 360 valence electrons. The molecule has 7 unspecified atom stereocenters. The Bertz CT molecular complexity index is 1010. The molecule has 1 heterocycles. The van der Waals surface area contributed by atoms with E-state index in [1.165, 1.54) is 186 Å². The lowest BCUT2D eigenvalue weighted by atomic mass is 9.99. The number of rotatable bonds is 44. The van der Waals surface area contributed by atoms with Gasteiger partial charge in [-0.1, -0.05) is 218 Å². The van der Waals surface area contributed by atoms with E-state index in [-0.39, 0.29) is 12.5 Å². The SMILES string of the molecule is CCCCCCCCC/C=C\CCCCCCCCCC(=O)NC(COC1OC(CO)C(O)C(O)C1O)C(O)/C=C/CCCCCCCCCCCCCCCCCCCC. The van der Waals surface area contributed by atoms with Gasteiger partial charge in [-0.2, -0.15) is 0 Å². The van der Waals surface area contributed by atoms with Crippen LogP contribution in [0.5, 0.6) is 0 Å². The van der Waals surface area contributed by atoms with Crippen molar-refractivity contribution in [3.05, 3.63) is 24.3 Å². The Hall–Kier alpha value is -1.33. The van der Waals surface area contributed by atoms with Gasteiger partial charge in [0.2, 0.25) is 5.91 Å². The summed E-state index contributed by atoms with van der Waals surface area (Å²) in [5.74, 6) is -0.179. The maximum Gasteiger partial charge on any atom is 0.220 e. The molecule has 0 radical (unpaired) electrons. The van der Waals surface area contributed by atoms with Crippen molar-refractivity contribution in [3.63, 3.8) is 0 Å². The molecule has 6 N–H and O–H groups in total. The van der Waals surface area contributed by atoms with Gasteiger partial charge < -0.3 is 40.3 Å². The second-order valence-electron chi connectivity index (χ2n) is 18.3. The average molecular weight is 866 g/mol. The van der Waals surface area contributed by atoms with Crippen molar-refractivity contribution in [3.8, 4) is 0 Å². The fourth-order valence-electron chi connectivity index (χ4n) is 8.33. The van der Waals surface area contributed by atoms with Crippen LogP contribution in [0.25, 0.3) is 0 Å². The van der Waals surface area contributed by atoms with E-state index in [0.29, 0.717) is 6.42 Å². The highest BCUT2D eigenvalue weighted by atomic mass is 16.7. The van der Waals surface area contributed by atoms with Crippen LogP contribution in [0, 0.1) is 0 Å². The van der Waals surface area contributed by atoms with Gasteiger partial charge in [-0.3, -0.25) is 4.79 Å². The predicted molar refractivity (Wildman–Crippen MR) is 253 cm³/mol. The molecule has 1 fully saturated rings. The van der Waals surface area contributed by atoms with Crippen LogP contribution in [0.2, 0.25) is 0 Å². The van der Waals surface area contributed by atoms with E-state index in [9.17, 15) is 30.3 Å². The van der Waals surface area contributed by atoms with E-state index in [1.54, 1.807) is 6.08 Å². The van der Waals surface area contributed by atoms with Gasteiger partial charge >= 0.3 is 0 Å². The van der Waals surface area contributed by atoms with Crippen molar-refractivity contribution in [1.29, 1.82) is 0 Å². The summed E-state index contributed by atoms with van der Waals surface area (Å²) in [6.45, 7) is 3.79. The van der Waals surface area contributed by atoms with Crippen molar-refractivity contribution in [2.75, 3.05) is 13.2 Å². The van der Waals surface area contributed by atoms with Crippen molar-refractivity contribution >= 4 is 5.91 Å². The second kappa shape index (κ2) is 42.6. The van der Waals surface area contributed by atoms with Crippen LogP contribution in [-0.2, 0) is 14.3 Å². The van der Waals surface area contributed by atoms with Crippen molar-refractivity contribution in [2.24, 2.45) is 0 Å². The molecule has 7 atom stereocenters. The molecule has 0 saturated carbocycles. The lowest BCUT2D eigenvalue weighted by Gasteiger charge is -2.40. The summed E-state index contributed by atoms with van der Waals surface area (Å²) < 4.78 is 11.2. The molecule has 1 aliphatic heterocycles. The maximum atomic E-state index is 13.0. The van der Waals surface area contributed by atoms with Crippen LogP contribution >= 0.6 is 0 Å². The van der Waals surface area contributed by atoms with E-state index < -0.39 is 49.5 Å². The van der Waals surface area contributed by atoms with E-state index in [1.807, 2.05) is 6.08 Å². The molecule has 9 heteroatoms. The number of aliphatic hydroxyl groups is 5. The molecule has 9 nitrogen and oxygen atoms in total. The first-order valence-corrected chi connectivity index (χ1v) is 26.1. The topological polar surface area (TPSA) is 149 Å². The molecule has 0 aromatic carbocycles. The number of aliphatic hydroxyl groups excluding tert-OH is 5. The Morgan fingerprint density at radius 1 is 0.541 bits per heavy atom. The number of carbonyl (C=O) groups excluding carboxylic acids is 1. The molecular weight excluding hydrogens is 767 g/mol. The molecule has 0 bridgehead atoms. The third kappa shape index (κ3) is 32.9. The molecule has 0 aromatic heterocycles. The average Bonchev–Trinajstić information content (AvgIpc) is 3.26. The summed E-state index contributed by atoms with van der Waals surface area (Å²) in [4.78, 5) is 13.0. The van der Waals surface area contributed by atoms with Crippen LogP contribution in [0.4, 0.5) is 0 Å². The van der Waals surface area contributed by atoms with Crippen molar-refractivity contribution in [2.45, 2.75) is 288 Å². The van der Waals surface area contributed by atoms with E-state index in [0.717, 1.165) is 38.5 Å². The smallest absolute Gasteiger partial charge is 0.220 e. The second-order valence-corrected chi connectivity index (χ2v) is 18.3. The maximum absolute atomic E-state index is 13.0. The summed E-state index contributed by atoms with van der Waals surface area (Å²) in [5, 5.41) is 54.4. The van der Waals surface area contributed by atoms with E-state index in [4.69, 9.17) is 9.47 Å². The zero-order chi connectivity index (χ0) is 44.4. The van der Waals surface area contributed by atoms with Crippen LogP contribution < -0.4 is 5.32 Å². The first-order chi connectivity index (χ1) is 29.8. The molecule has 0 aromatic rings. The summed E-state index contributed by atoms with van der Waals surface area (Å²) in [6, 6.07) is -0.805. The lowest BCUT2D eigenvalue weighted by Crippen LogP contribution is -2.60. The molecule has 0 spiro atoms. The number of ether oxygens (including phenoxy) is 2. The summed E-state index contributed by atoms with van der Waals surface area (Å²) >= 11 is 0. The molecule has 1 aliphatic rings. The van der Waals surface area contributed by atoms with Gasteiger partial charge in [-0.25, -0.2) is 0 Å². The Kier molecular flexibility index (Phi) is 40.3. The number of allylic oxidation sites excluding steroid dienone is 3. The number of hydrogen-bond acceptors (Lipinski definition) is 8. The summed E-state index contributed by atoms with van der Waals surface area (Å²) in [6.07, 6.45) is 45.1. The Morgan fingerprint density at radius 2 is 0.918 bits per heavy atom. The van der Waals surface area contributed by atoms with Crippen molar-refractivity contribution < 1.29 is 39.8 Å². The number of carbonyl (C=O) groups is 1. The zero-order valence-corrected chi connectivity index (χ0v) is 39.7. The van der Waals surface area contributed by atoms with Gasteiger partial charge in [-0.15, -0.1) is 0 Å². The molecule has 1 saturated heterocycles. The summed E-state index contributed by atoms with van der Waals surface area (Å²) in [5.41, 5.74) is 0. The van der Waals surface area contributed by atoms with Gasteiger partial charge in [0.1, 0.15) is 24.4 Å². The van der Waals surface area contributed by atoms with E-state index >= 15 is 0 Å². The van der Waals surface area contributed by atoms with Gasteiger partial charge in [0.25, 0.3) is 0 Å². The van der Waals surface area contributed by atoms with Gasteiger partial charge in [0.05, 0.1) is 25.4 Å². The normalized spacial score (nSPS) is 20.5. The standard InChI is InChI=1S/C52H99NO8/c1-3-5-7-9-11-13-15-17-19-21-23-24-25-27-29-31-33-35-37-39-41-46(55)45(44-60-52-51(59)50(58)49(57)47(43-54)61-52)53-48(56)42-40-38-36-34-32-30-28-26-22-20-18-16-14-12-10-8-6-4-2/h20,22,39,41,45-47,49-52,54-55,57-59H,3-19,21,23-38,40,42-44H2,1-2H3,(H,53,56)/b22-20-,41-39+. The monoisotopic (exact) mass is 866 g/mol. The third-order valence-corrected chi connectivity index (χ3v) is 12.5. The van der Waals surface area contributed by atoms with Crippen LogP contribution in [-0.4, -0.2) is 87.5 Å². The Balaban J connectivity index is 2.29. The number of unbranched alkanes of at least 4 members (excludes halogenated alkanes) is 32. The predicted octanol–water partition coefficient (Wildman–Crippen LogP) is 11.8. The van der Waals surface area contributed by atoms with Crippen molar-refractivity contribution in [1.82, 2.24) is 5.32 Å². The van der Waals surface area contributed by atoms with Gasteiger partial charge in [-0.05, 0) is 44.9 Å². The Morgan fingerprint density at radius 3 is 1.33 bits per heavy atom. The number of amides is 1. The van der Waals surface area contributed by atoms with Gasteiger partial charge in [0.15, 0.2) is 6.29 Å². The van der Waals surface area contributed by atoms with Crippen LogP contribution in [0.1, 0.15) is 245 Å². The number of hydrogen-bond donors (Lipinski definition) is 6. The summed E-state index contributed by atoms with van der Waals surface area (Å²) in [7, 11) is 0. The Labute approximate surface area is 375 Å². The van der Waals surface area contributed by atoms with Crippen LogP contribution in [0.3, 0.4) is 0 Å². The van der Waals surface area contributed by atoms with Gasteiger partial charge in [0, 0.05) is 6.42 Å². The molecular formula is C52H99NO8. The highest BCUT2D eigenvalue weighted by Gasteiger charge is 2.44. The minimum atomic E-state index is -1.57. The third-order valence-electron chi connectivity index (χ3n) is 12.5. The molecule has 1 rings (SSSR count). The highest BCUT2D eigenvalue weighted by Crippen LogP contribution is 2.23. The van der Waals surface area contributed by atoms with Crippen LogP contribution in [0.15, 0.2) is 24.3 Å². The minimum absolute atomic E-state index is 0.179. The quantitative estimate of drug-likeness (QED) is 0.0262. The fourth-order valence-corrected chi connectivity index (χ4v) is 8.33. The highest BCUT2D eigenvalue weighted by molar-refractivity contribution is 5.76. The molecule has 1 amide bonds. The fraction of sp³-hybridized carbons (Fsp3) is 0.904. The molecule has 61 heavy (non-hydrogen) atoms. The first-order valence-electron chi connectivity index (χ1n) is 26.1. The largest absolute Gasteiger partial charge is 0.394 e. The molecule has 0 aliphatic carbocycles. The minimum Gasteiger partial charge on any atom is -0.394 e. The number of nitrogens with one attached hydrogen (secondary N) is 1. The first kappa shape index (κ1) is 57.7.